The molecule has 0 amide bonds. The minimum atomic E-state index is -0.255. The summed E-state index contributed by atoms with van der Waals surface area (Å²) in [6.07, 6.45) is 0. The standard InChI is InChI=1S/C14H13FN4/c1-19(11-5-2-9(15)3-6-11)14-17-12-7-4-10(16)8-13(12)18-14/h2-8H,16H2,1H3,(H,17,18). The van der Waals surface area contributed by atoms with E-state index in [-0.39, 0.29) is 5.82 Å². The predicted molar refractivity (Wildman–Crippen MR) is 75.0 cm³/mol. The number of fused-ring (bicyclic) bond motifs is 1. The molecule has 0 saturated heterocycles. The summed E-state index contributed by atoms with van der Waals surface area (Å²) in [6.45, 7) is 0. The molecule has 0 bridgehead atoms. The minimum Gasteiger partial charge on any atom is -0.399 e. The van der Waals surface area contributed by atoms with E-state index in [1.807, 2.05) is 30.1 Å². The van der Waals surface area contributed by atoms with Crippen LogP contribution in [-0.4, -0.2) is 17.0 Å². The third-order valence-electron chi connectivity index (χ3n) is 3.03. The fraction of sp³-hybridized carbons (Fsp3) is 0.0714. The number of aromatic nitrogens is 2. The molecule has 0 unspecified atom stereocenters. The van der Waals surface area contributed by atoms with Crippen LogP contribution in [0, 0.1) is 5.82 Å². The SMILES string of the molecule is CN(c1ccc(F)cc1)c1nc2ccc(N)cc2[nH]1. The van der Waals surface area contributed by atoms with Crippen LogP contribution in [0.4, 0.5) is 21.7 Å². The van der Waals surface area contributed by atoms with Gasteiger partial charge in [0.15, 0.2) is 0 Å². The highest BCUT2D eigenvalue weighted by Gasteiger charge is 2.09. The molecular weight excluding hydrogens is 243 g/mol. The smallest absolute Gasteiger partial charge is 0.208 e. The van der Waals surface area contributed by atoms with Gasteiger partial charge in [0.1, 0.15) is 5.82 Å². The van der Waals surface area contributed by atoms with Gasteiger partial charge in [0.05, 0.1) is 11.0 Å². The summed E-state index contributed by atoms with van der Waals surface area (Å²) >= 11 is 0. The summed E-state index contributed by atoms with van der Waals surface area (Å²) in [7, 11) is 1.87. The summed E-state index contributed by atoms with van der Waals surface area (Å²) in [4.78, 5) is 9.52. The topological polar surface area (TPSA) is 57.9 Å². The fourth-order valence-electron chi connectivity index (χ4n) is 1.96. The van der Waals surface area contributed by atoms with E-state index >= 15 is 0 Å². The molecule has 2 aromatic carbocycles. The Balaban J connectivity index is 2.01. The lowest BCUT2D eigenvalue weighted by Crippen LogP contribution is -2.10. The van der Waals surface area contributed by atoms with Crippen LogP contribution >= 0.6 is 0 Å². The number of benzene rings is 2. The highest BCUT2D eigenvalue weighted by molar-refractivity contribution is 5.81. The van der Waals surface area contributed by atoms with E-state index in [2.05, 4.69) is 9.97 Å². The van der Waals surface area contributed by atoms with Gasteiger partial charge in [0.2, 0.25) is 5.95 Å². The third kappa shape index (κ3) is 2.10. The van der Waals surface area contributed by atoms with Crippen molar-refractivity contribution in [1.29, 1.82) is 0 Å². The minimum absolute atomic E-state index is 0.255. The molecule has 1 heterocycles. The molecule has 1 aromatic heterocycles. The molecule has 0 saturated carbocycles. The van der Waals surface area contributed by atoms with Gasteiger partial charge in [-0.1, -0.05) is 0 Å². The Morgan fingerprint density at radius 3 is 2.63 bits per heavy atom. The molecule has 0 fully saturated rings. The molecule has 19 heavy (non-hydrogen) atoms. The Bertz CT molecular complexity index is 718. The van der Waals surface area contributed by atoms with Gasteiger partial charge in [0, 0.05) is 18.4 Å². The lowest BCUT2D eigenvalue weighted by molar-refractivity contribution is 0.628. The van der Waals surface area contributed by atoms with Gasteiger partial charge >= 0.3 is 0 Å². The zero-order valence-corrected chi connectivity index (χ0v) is 10.4. The zero-order valence-electron chi connectivity index (χ0n) is 10.4. The van der Waals surface area contributed by atoms with Gasteiger partial charge in [-0.2, -0.15) is 0 Å². The number of hydrogen-bond acceptors (Lipinski definition) is 3. The van der Waals surface area contributed by atoms with Crippen LogP contribution in [-0.2, 0) is 0 Å². The number of halogens is 1. The Labute approximate surface area is 109 Å². The zero-order chi connectivity index (χ0) is 13.4. The van der Waals surface area contributed by atoms with Gasteiger partial charge in [-0.15, -0.1) is 0 Å². The fourth-order valence-corrected chi connectivity index (χ4v) is 1.96. The van der Waals surface area contributed by atoms with Crippen LogP contribution in [0.3, 0.4) is 0 Å². The average molecular weight is 256 g/mol. The van der Waals surface area contributed by atoms with E-state index < -0.39 is 0 Å². The monoisotopic (exact) mass is 256 g/mol. The Morgan fingerprint density at radius 2 is 1.89 bits per heavy atom. The van der Waals surface area contributed by atoms with Crippen molar-refractivity contribution < 1.29 is 4.39 Å². The van der Waals surface area contributed by atoms with Crippen LogP contribution in [0.2, 0.25) is 0 Å². The van der Waals surface area contributed by atoms with Crippen molar-refractivity contribution in [1.82, 2.24) is 9.97 Å². The largest absolute Gasteiger partial charge is 0.399 e. The van der Waals surface area contributed by atoms with Crippen molar-refractivity contribution in [3.63, 3.8) is 0 Å². The average Bonchev–Trinajstić information content (AvgIpc) is 2.81. The van der Waals surface area contributed by atoms with Gasteiger partial charge < -0.3 is 15.6 Å². The molecule has 0 aliphatic carbocycles. The van der Waals surface area contributed by atoms with Crippen LogP contribution in [0.15, 0.2) is 42.5 Å². The lowest BCUT2D eigenvalue weighted by Gasteiger charge is -2.15. The molecule has 0 spiro atoms. The molecule has 0 aliphatic rings. The van der Waals surface area contributed by atoms with Gasteiger partial charge in [0.25, 0.3) is 0 Å². The van der Waals surface area contributed by atoms with E-state index in [9.17, 15) is 4.39 Å². The van der Waals surface area contributed by atoms with E-state index in [4.69, 9.17) is 5.73 Å². The predicted octanol–water partition coefficient (Wildman–Crippen LogP) is 3.05. The molecule has 3 rings (SSSR count). The Hall–Kier alpha value is -2.56. The number of nitrogens with one attached hydrogen (secondary N) is 1. The third-order valence-corrected chi connectivity index (χ3v) is 3.03. The van der Waals surface area contributed by atoms with E-state index in [0.717, 1.165) is 16.7 Å². The lowest BCUT2D eigenvalue weighted by atomic mass is 10.3. The second-order valence-electron chi connectivity index (χ2n) is 4.37. The maximum atomic E-state index is 12.9. The summed E-state index contributed by atoms with van der Waals surface area (Å²) < 4.78 is 12.9. The summed E-state index contributed by atoms with van der Waals surface area (Å²) in [5.74, 6) is 0.432. The van der Waals surface area contributed by atoms with E-state index in [0.29, 0.717) is 11.6 Å². The first-order valence-electron chi connectivity index (χ1n) is 5.88. The highest BCUT2D eigenvalue weighted by atomic mass is 19.1. The van der Waals surface area contributed by atoms with E-state index in [1.54, 1.807) is 12.1 Å². The first-order chi connectivity index (χ1) is 9.13. The highest BCUT2D eigenvalue weighted by Crippen LogP contribution is 2.24. The number of nitrogen functional groups attached to an aromatic ring is 1. The van der Waals surface area contributed by atoms with Crippen molar-refractivity contribution in [3.8, 4) is 0 Å². The van der Waals surface area contributed by atoms with Gasteiger partial charge in [-0.3, -0.25) is 0 Å². The van der Waals surface area contributed by atoms with Crippen molar-refractivity contribution in [2.75, 3.05) is 17.7 Å². The molecule has 3 aromatic rings. The molecule has 3 N–H and O–H groups in total. The van der Waals surface area contributed by atoms with Crippen molar-refractivity contribution >= 4 is 28.4 Å². The van der Waals surface area contributed by atoms with Crippen molar-refractivity contribution in [3.05, 3.63) is 48.3 Å². The second kappa shape index (κ2) is 4.28. The second-order valence-corrected chi connectivity index (χ2v) is 4.37. The van der Waals surface area contributed by atoms with Gasteiger partial charge in [-0.05, 0) is 42.5 Å². The Kier molecular flexibility index (Phi) is 2.59. The van der Waals surface area contributed by atoms with Gasteiger partial charge in [-0.25, -0.2) is 9.37 Å². The van der Waals surface area contributed by atoms with Crippen molar-refractivity contribution in [2.24, 2.45) is 0 Å². The molecule has 0 aliphatic heterocycles. The summed E-state index contributed by atoms with van der Waals surface area (Å²) in [5.41, 5.74) is 9.00. The quantitative estimate of drug-likeness (QED) is 0.693. The molecular formula is C14H13FN4. The maximum absolute atomic E-state index is 12.9. The maximum Gasteiger partial charge on any atom is 0.208 e. The molecule has 0 radical (unpaired) electrons. The first kappa shape index (κ1) is 11.5. The number of anilines is 3. The number of H-pyrrole nitrogens is 1. The number of nitrogens with zero attached hydrogens (tertiary/aromatic N) is 2. The molecule has 96 valence electrons. The normalized spacial score (nSPS) is 10.8. The van der Waals surface area contributed by atoms with Crippen molar-refractivity contribution in [2.45, 2.75) is 0 Å². The number of hydrogen-bond donors (Lipinski definition) is 2. The number of aromatic amines is 1. The molecule has 4 nitrogen and oxygen atoms in total. The van der Waals surface area contributed by atoms with Crippen LogP contribution in [0.5, 0.6) is 0 Å². The number of imidazole rings is 1. The van der Waals surface area contributed by atoms with E-state index in [1.165, 1.54) is 12.1 Å². The number of rotatable bonds is 2. The molecule has 5 heteroatoms. The first-order valence-corrected chi connectivity index (χ1v) is 5.88. The summed E-state index contributed by atoms with van der Waals surface area (Å²) in [6, 6.07) is 11.8. The van der Waals surface area contributed by atoms with Crippen LogP contribution in [0.1, 0.15) is 0 Å². The number of nitrogens with two attached hydrogens (primary N) is 1. The summed E-state index contributed by atoms with van der Waals surface area (Å²) in [5, 5.41) is 0. The Morgan fingerprint density at radius 1 is 1.16 bits per heavy atom. The molecule has 0 atom stereocenters. The van der Waals surface area contributed by atoms with Crippen LogP contribution < -0.4 is 10.6 Å². The van der Waals surface area contributed by atoms with Crippen LogP contribution in [0.25, 0.3) is 11.0 Å².